The molecule has 2 aliphatic rings. The van der Waals surface area contributed by atoms with Crippen LogP contribution in [0.5, 0.6) is 0 Å². The molecule has 0 saturated heterocycles. The van der Waals surface area contributed by atoms with Crippen molar-refractivity contribution in [3.05, 3.63) is 0 Å². The number of hydrogen-bond acceptors (Lipinski definition) is 2. The second-order valence-electron chi connectivity index (χ2n) is 2.13. The molecule has 0 aromatic rings. The average Bonchev–Trinajstić information content (AvgIpc) is 2.15. The monoisotopic (exact) mass is 94.1 g/mol. The Hall–Kier alpha value is -0.660. The molecule has 1 spiro atoms. The van der Waals surface area contributed by atoms with Crippen molar-refractivity contribution in [1.82, 2.24) is 0 Å². The van der Waals surface area contributed by atoms with Gasteiger partial charge in [0.1, 0.15) is 6.34 Å². The first-order chi connectivity index (χ1) is 3.41. The molecule has 0 atom stereocenters. The minimum atomic E-state index is 0.222. The maximum atomic E-state index is 4.13. The molecule has 0 radical (unpaired) electrons. The van der Waals surface area contributed by atoms with E-state index in [2.05, 4.69) is 9.98 Å². The molecule has 7 heavy (non-hydrogen) atoms. The lowest BCUT2D eigenvalue weighted by Crippen LogP contribution is -1.99. The molecule has 2 rings (SSSR count). The van der Waals surface area contributed by atoms with E-state index in [9.17, 15) is 0 Å². The van der Waals surface area contributed by atoms with Gasteiger partial charge in [-0.05, 0) is 12.8 Å². The smallest absolute Gasteiger partial charge is 0.110 e. The minimum absolute atomic E-state index is 0.222. The Bertz CT molecular complexity index is 128. The molecular formula is C5H6N2. The summed E-state index contributed by atoms with van der Waals surface area (Å²) in [6.07, 6.45) is 6.01. The van der Waals surface area contributed by atoms with Crippen LogP contribution in [-0.4, -0.2) is 18.1 Å². The summed E-state index contributed by atoms with van der Waals surface area (Å²) in [5.41, 5.74) is 0.222. The summed E-state index contributed by atoms with van der Waals surface area (Å²) < 4.78 is 0. The van der Waals surface area contributed by atoms with Crippen LogP contribution in [0.3, 0.4) is 0 Å². The van der Waals surface area contributed by atoms with Crippen molar-refractivity contribution in [2.45, 2.75) is 18.4 Å². The maximum Gasteiger partial charge on any atom is 0.110 e. The third kappa shape index (κ3) is 0.335. The number of hydrogen-bond donors (Lipinski definition) is 0. The summed E-state index contributed by atoms with van der Waals surface area (Å²) in [7, 11) is 0. The van der Waals surface area contributed by atoms with Gasteiger partial charge in [-0.2, -0.15) is 0 Å². The molecule has 2 heteroatoms. The summed E-state index contributed by atoms with van der Waals surface area (Å²) in [5.74, 6) is 0. The van der Waals surface area contributed by atoms with Gasteiger partial charge in [-0.1, -0.05) is 0 Å². The van der Waals surface area contributed by atoms with Crippen LogP contribution in [0.2, 0.25) is 0 Å². The Morgan fingerprint density at radius 1 is 1.43 bits per heavy atom. The van der Waals surface area contributed by atoms with Crippen LogP contribution in [0.25, 0.3) is 0 Å². The molecule has 1 heterocycles. The highest BCUT2D eigenvalue weighted by molar-refractivity contribution is 5.88. The molecule has 1 aliphatic heterocycles. The topological polar surface area (TPSA) is 24.7 Å². The van der Waals surface area contributed by atoms with Crippen LogP contribution in [0.15, 0.2) is 9.98 Å². The van der Waals surface area contributed by atoms with Crippen LogP contribution in [0.4, 0.5) is 0 Å². The molecule has 0 N–H and O–H groups in total. The molecular weight excluding hydrogens is 88.1 g/mol. The zero-order valence-electron chi connectivity index (χ0n) is 3.96. The highest BCUT2D eigenvalue weighted by Gasteiger charge is 2.41. The van der Waals surface area contributed by atoms with E-state index in [0.717, 1.165) is 0 Å². The summed E-state index contributed by atoms with van der Waals surface area (Å²) in [4.78, 5) is 8.01. The zero-order valence-corrected chi connectivity index (χ0v) is 3.96. The van der Waals surface area contributed by atoms with E-state index in [1.54, 1.807) is 6.34 Å². The van der Waals surface area contributed by atoms with Crippen molar-refractivity contribution in [3.63, 3.8) is 0 Å². The van der Waals surface area contributed by atoms with E-state index in [1.807, 2.05) is 6.21 Å². The van der Waals surface area contributed by atoms with Gasteiger partial charge in [0, 0.05) is 6.21 Å². The molecule has 2 nitrogen and oxygen atoms in total. The van der Waals surface area contributed by atoms with Crippen LogP contribution < -0.4 is 0 Å². The van der Waals surface area contributed by atoms with Gasteiger partial charge >= 0.3 is 0 Å². The molecule has 0 amide bonds. The lowest BCUT2D eigenvalue weighted by atomic mass is 10.3. The van der Waals surface area contributed by atoms with Crippen LogP contribution in [0, 0.1) is 0 Å². The average molecular weight is 94.1 g/mol. The van der Waals surface area contributed by atoms with E-state index in [4.69, 9.17) is 0 Å². The van der Waals surface area contributed by atoms with Crippen LogP contribution in [0.1, 0.15) is 12.8 Å². The molecule has 0 bridgehead atoms. The summed E-state index contributed by atoms with van der Waals surface area (Å²) >= 11 is 0. The van der Waals surface area contributed by atoms with Crippen molar-refractivity contribution in [1.29, 1.82) is 0 Å². The van der Waals surface area contributed by atoms with Gasteiger partial charge in [-0.15, -0.1) is 0 Å². The third-order valence-electron chi connectivity index (χ3n) is 1.46. The Morgan fingerprint density at radius 2 is 2.29 bits per heavy atom. The normalized spacial score (nSPS) is 29.7. The molecule has 0 unspecified atom stereocenters. The highest BCUT2D eigenvalue weighted by atomic mass is 15.0. The fraction of sp³-hybridized carbons (Fsp3) is 0.600. The van der Waals surface area contributed by atoms with E-state index < -0.39 is 0 Å². The zero-order chi connectivity index (χ0) is 4.74. The van der Waals surface area contributed by atoms with E-state index in [0.29, 0.717) is 0 Å². The van der Waals surface area contributed by atoms with Crippen molar-refractivity contribution < 1.29 is 0 Å². The third-order valence-corrected chi connectivity index (χ3v) is 1.46. The van der Waals surface area contributed by atoms with Gasteiger partial charge < -0.3 is 0 Å². The summed E-state index contributed by atoms with van der Waals surface area (Å²) in [5, 5.41) is 0. The van der Waals surface area contributed by atoms with Gasteiger partial charge in [0.15, 0.2) is 0 Å². The maximum absolute atomic E-state index is 4.13. The molecule has 36 valence electrons. The van der Waals surface area contributed by atoms with Gasteiger partial charge in [0.25, 0.3) is 0 Å². The fourth-order valence-electron chi connectivity index (χ4n) is 0.740. The van der Waals surface area contributed by atoms with Gasteiger partial charge in [-0.25, -0.2) is 4.99 Å². The first-order valence-corrected chi connectivity index (χ1v) is 2.49. The second-order valence-corrected chi connectivity index (χ2v) is 2.13. The molecule has 1 saturated carbocycles. The Balaban J connectivity index is 2.38. The predicted molar refractivity (Wildman–Crippen MR) is 28.9 cm³/mol. The first kappa shape index (κ1) is 3.36. The Labute approximate surface area is 42.0 Å². The number of rotatable bonds is 0. The molecule has 0 aromatic carbocycles. The number of nitrogens with zero attached hydrogens (tertiary/aromatic N) is 2. The van der Waals surface area contributed by atoms with Crippen molar-refractivity contribution >= 4 is 12.6 Å². The van der Waals surface area contributed by atoms with Gasteiger partial charge in [0.2, 0.25) is 0 Å². The van der Waals surface area contributed by atoms with Crippen LogP contribution >= 0.6 is 0 Å². The largest absolute Gasteiger partial charge is 0.261 e. The molecule has 1 fully saturated rings. The fourth-order valence-corrected chi connectivity index (χ4v) is 0.740. The lowest BCUT2D eigenvalue weighted by molar-refractivity contribution is 0.957. The molecule has 1 aliphatic carbocycles. The lowest BCUT2D eigenvalue weighted by Gasteiger charge is -1.87. The Kier molecular flexibility index (Phi) is 0.375. The molecule has 0 aromatic heterocycles. The van der Waals surface area contributed by atoms with Gasteiger partial charge in [0.05, 0.1) is 5.54 Å². The van der Waals surface area contributed by atoms with Gasteiger partial charge in [-0.3, -0.25) is 4.99 Å². The van der Waals surface area contributed by atoms with E-state index >= 15 is 0 Å². The predicted octanol–water partition coefficient (Wildman–Crippen LogP) is 0.632. The van der Waals surface area contributed by atoms with Crippen molar-refractivity contribution in [2.75, 3.05) is 0 Å². The van der Waals surface area contributed by atoms with Crippen LogP contribution in [-0.2, 0) is 0 Å². The van der Waals surface area contributed by atoms with Crippen molar-refractivity contribution in [2.24, 2.45) is 9.98 Å². The summed E-state index contributed by atoms with van der Waals surface area (Å²) in [6, 6.07) is 0. The first-order valence-electron chi connectivity index (χ1n) is 2.49. The number of aliphatic imine (C=N–C) groups is 2. The van der Waals surface area contributed by atoms with E-state index in [1.165, 1.54) is 12.8 Å². The quantitative estimate of drug-likeness (QED) is 0.420. The Morgan fingerprint density at radius 3 is 2.57 bits per heavy atom. The second kappa shape index (κ2) is 0.782. The highest BCUT2D eigenvalue weighted by Crippen LogP contribution is 2.38. The van der Waals surface area contributed by atoms with Crippen molar-refractivity contribution in [3.8, 4) is 0 Å². The minimum Gasteiger partial charge on any atom is -0.261 e. The SMILES string of the molecule is C1=NC=NC12CC2. The van der Waals surface area contributed by atoms with E-state index in [-0.39, 0.29) is 5.54 Å². The summed E-state index contributed by atoms with van der Waals surface area (Å²) in [6.45, 7) is 0. The standard InChI is InChI=1S/C5H6N2/c1-2-5(1)3-6-4-7-5/h3-4H,1-2H2.